The van der Waals surface area contributed by atoms with Gasteiger partial charge in [-0.1, -0.05) is 0 Å². The predicted octanol–water partition coefficient (Wildman–Crippen LogP) is 5.80. The van der Waals surface area contributed by atoms with E-state index in [4.69, 9.17) is 0 Å². The standard InChI is InChI=1S/3C4H9.C3H5O.Zr/c3*1-3-4-2;1-3(2)4;/h3*1,3-4H2,2H3;1H2,2H3;. The van der Waals surface area contributed by atoms with Crippen LogP contribution in [0.5, 0.6) is 0 Å². The summed E-state index contributed by atoms with van der Waals surface area (Å²) in [6.07, 6.45) is 8.02. The van der Waals surface area contributed by atoms with Crippen LogP contribution in [-0.4, -0.2) is 5.78 Å². The zero-order valence-corrected chi connectivity index (χ0v) is 14.9. The second kappa shape index (κ2) is 10.5. The third-order valence-electron chi connectivity index (χ3n) is 3.81. The summed E-state index contributed by atoms with van der Waals surface area (Å²) in [5.41, 5.74) is 0. The van der Waals surface area contributed by atoms with Crippen molar-refractivity contribution >= 4 is 5.78 Å². The van der Waals surface area contributed by atoms with Gasteiger partial charge in [-0.25, -0.2) is 0 Å². The molecule has 1 nitrogen and oxygen atoms in total. The zero-order chi connectivity index (χ0) is 13.1. The molecule has 0 aliphatic rings. The van der Waals surface area contributed by atoms with Crippen LogP contribution in [0, 0.1) is 0 Å². The van der Waals surface area contributed by atoms with Gasteiger partial charge in [0.1, 0.15) is 0 Å². The Labute approximate surface area is 113 Å². The van der Waals surface area contributed by atoms with Gasteiger partial charge in [-0.05, 0) is 0 Å². The molecule has 2 heteroatoms. The van der Waals surface area contributed by atoms with E-state index in [0.717, 1.165) is 4.13 Å². The summed E-state index contributed by atoms with van der Waals surface area (Å²) >= 11 is -2.09. The van der Waals surface area contributed by atoms with Crippen molar-refractivity contribution in [3.63, 3.8) is 0 Å². The molecule has 0 aromatic heterocycles. The maximum absolute atomic E-state index is 11.6. The SMILES string of the molecule is CCC[CH2][Zr]([CH2]CCC)([CH2]CCC)[CH2]C(C)=O. The molecule has 0 atom stereocenters. The van der Waals surface area contributed by atoms with E-state index in [0.29, 0.717) is 5.78 Å². The van der Waals surface area contributed by atoms with Crippen LogP contribution in [-0.2, 0) is 25.1 Å². The molecule has 0 bridgehead atoms. The first-order chi connectivity index (χ1) is 8.10. The van der Waals surface area contributed by atoms with E-state index in [1.54, 1.807) is 0 Å². The van der Waals surface area contributed by atoms with Crippen LogP contribution >= 0.6 is 0 Å². The van der Waals surface area contributed by atoms with Gasteiger partial charge in [0.05, 0.1) is 0 Å². The topological polar surface area (TPSA) is 17.1 Å². The van der Waals surface area contributed by atoms with Gasteiger partial charge >= 0.3 is 114 Å². The molecule has 102 valence electrons. The first-order valence-electron chi connectivity index (χ1n) is 7.59. The molecule has 17 heavy (non-hydrogen) atoms. The number of rotatable bonds is 11. The summed E-state index contributed by atoms with van der Waals surface area (Å²) in [6.45, 7) is 8.66. The molecule has 0 saturated heterocycles. The van der Waals surface area contributed by atoms with Crippen molar-refractivity contribution in [1.82, 2.24) is 0 Å². The van der Waals surface area contributed by atoms with E-state index in [2.05, 4.69) is 20.8 Å². The van der Waals surface area contributed by atoms with Gasteiger partial charge in [0.25, 0.3) is 0 Å². The van der Waals surface area contributed by atoms with E-state index in [1.165, 1.54) is 50.9 Å². The molecule has 0 unspecified atom stereocenters. The van der Waals surface area contributed by atoms with Crippen molar-refractivity contribution in [2.45, 2.75) is 82.7 Å². The number of hydrogen-bond donors (Lipinski definition) is 0. The molecule has 0 N–H and O–H groups in total. The molecule has 0 rings (SSSR count). The van der Waals surface area contributed by atoms with Crippen LogP contribution < -0.4 is 0 Å². The van der Waals surface area contributed by atoms with E-state index in [9.17, 15) is 4.79 Å². The number of ketones is 1. The average Bonchev–Trinajstić information content (AvgIpc) is 2.30. The number of hydrogen-bond acceptors (Lipinski definition) is 1. The molecule has 0 heterocycles. The monoisotopic (exact) mass is 318 g/mol. The molecule has 0 aliphatic heterocycles. The summed E-state index contributed by atoms with van der Waals surface area (Å²) in [7, 11) is 0. The molecule has 0 spiro atoms. The van der Waals surface area contributed by atoms with Crippen LogP contribution in [0.4, 0.5) is 0 Å². The van der Waals surface area contributed by atoms with E-state index in [-0.39, 0.29) is 0 Å². The van der Waals surface area contributed by atoms with E-state index >= 15 is 0 Å². The first-order valence-corrected chi connectivity index (χ1v) is 14.5. The minimum atomic E-state index is -2.09. The Morgan fingerprint density at radius 3 is 1.41 bits per heavy atom. The van der Waals surface area contributed by atoms with Gasteiger partial charge in [-0.15, -0.1) is 0 Å². The van der Waals surface area contributed by atoms with Crippen molar-refractivity contribution in [1.29, 1.82) is 0 Å². The van der Waals surface area contributed by atoms with Crippen LogP contribution in [0.25, 0.3) is 0 Å². The Hall–Kier alpha value is 0.553. The molecule has 0 aromatic rings. The fourth-order valence-electron chi connectivity index (χ4n) is 2.82. The summed E-state index contributed by atoms with van der Waals surface area (Å²) in [6, 6.07) is 0. The second-order valence-corrected chi connectivity index (χ2v) is 17.6. The normalized spacial score (nSPS) is 11.8. The van der Waals surface area contributed by atoms with Gasteiger partial charge in [0.2, 0.25) is 0 Å². The fraction of sp³-hybridized carbons (Fsp3) is 0.933. The fourth-order valence-corrected chi connectivity index (χ4v) is 16.7. The van der Waals surface area contributed by atoms with E-state index < -0.39 is 20.3 Å². The van der Waals surface area contributed by atoms with Crippen molar-refractivity contribution < 1.29 is 25.1 Å². The Kier molecular flexibility index (Phi) is 10.8. The van der Waals surface area contributed by atoms with Crippen LogP contribution in [0.15, 0.2) is 0 Å². The number of carbonyl (C=O) groups is 1. The first kappa shape index (κ1) is 17.6. The summed E-state index contributed by atoms with van der Waals surface area (Å²) in [5, 5.41) is 0. The minimum absolute atomic E-state index is 0.476. The Morgan fingerprint density at radius 2 is 1.18 bits per heavy atom. The Bertz CT molecular complexity index is 179. The average molecular weight is 320 g/mol. The molecule has 0 saturated carbocycles. The molecule has 0 radical (unpaired) electrons. The van der Waals surface area contributed by atoms with Crippen molar-refractivity contribution in [2.75, 3.05) is 0 Å². The van der Waals surface area contributed by atoms with E-state index in [1.807, 2.05) is 6.92 Å². The molecule has 0 aliphatic carbocycles. The van der Waals surface area contributed by atoms with Crippen molar-refractivity contribution in [2.24, 2.45) is 0 Å². The summed E-state index contributed by atoms with van der Waals surface area (Å²) in [5.74, 6) is 0.476. The van der Waals surface area contributed by atoms with Crippen LogP contribution in [0.2, 0.25) is 16.5 Å². The Balaban J connectivity index is 4.56. The van der Waals surface area contributed by atoms with Crippen molar-refractivity contribution in [3.8, 4) is 0 Å². The van der Waals surface area contributed by atoms with Gasteiger partial charge in [-0.2, -0.15) is 0 Å². The molecule has 0 fully saturated rings. The Morgan fingerprint density at radius 1 is 0.824 bits per heavy atom. The number of Topliss-reactive ketones (excluding diaryl/α,β-unsaturated/α-hetero) is 1. The quantitative estimate of drug-likeness (QED) is 0.470. The number of carbonyl (C=O) groups excluding carboxylic acids is 1. The second-order valence-electron chi connectivity index (χ2n) is 5.69. The number of unbranched alkanes of at least 4 members (excludes halogenated alkanes) is 3. The molecular formula is C15H32OZr. The van der Waals surface area contributed by atoms with Crippen molar-refractivity contribution in [3.05, 3.63) is 0 Å². The van der Waals surface area contributed by atoms with Gasteiger partial charge < -0.3 is 0 Å². The van der Waals surface area contributed by atoms with Gasteiger partial charge in [-0.3, -0.25) is 0 Å². The molecule has 0 amide bonds. The third kappa shape index (κ3) is 8.30. The summed E-state index contributed by atoms with van der Waals surface area (Å²) < 4.78 is 5.41. The third-order valence-corrected chi connectivity index (χ3v) is 17.3. The maximum atomic E-state index is 11.6. The van der Waals surface area contributed by atoms with Gasteiger partial charge in [0.15, 0.2) is 0 Å². The predicted molar refractivity (Wildman–Crippen MR) is 74.6 cm³/mol. The zero-order valence-electron chi connectivity index (χ0n) is 12.5. The molecule has 0 aromatic carbocycles. The molecular weight excluding hydrogens is 287 g/mol. The van der Waals surface area contributed by atoms with Gasteiger partial charge in [0, 0.05) is 0 Å². The van der Waals surface area contributed by atoms with Crippen LogP contribution in [0.1, 0.15) is 66.2 Å². The van der Waals surface area contributed by atoms with Crippen LogP contribution in [0.3, 0.4) is 0 Å². The summed E-state index contributed by atoms with van der Waals surface area (Å²) in [4.78, 5) is 11.6.